The predicted octanol–water partition coefficient (Wildman–Crippen LogP) is 3.47. The monoisotopic (exact) mass is 407 g/mol. The van der Waals surface area contributed by atoms with Crippen LogP contribution in [0.4, 0.5) is 17.6 Å². The van der Waals surface area contributed by atoms with Gasteiger partial charge in [-0.05, 0) is 48.2 Å². The number of ether oxygens (including phenoxy) is 2. The molecule has 3 rings (SSSR count). The summed E-state index contributed by atoms with van der Waals surface area (Å²) in [6.07, 6.45) is 0. The first kappa shape index (κ1) is 19.0. The van der Waals surface area contributed by atoms with Crippen LogP contribution in [0.2, 0.25) is 10.6 Å². The number of hydrogen-bond acceptors (Lipinski definition) is 9. The summed E-state index contributed by atoms with van der Waals surface area (Å²) in [5, 5.41) is -0.122. The summed E-state index contributed by atoms with van der Waals surface area (Å²) >= 11 is 12.0. The van der Waals surface area contributed by atoms with Crippen molar-refractivity contribution < 1.29 is 9.47 Å². The average Bonchev–Trinajstić information content (AvgIpc) is 2.63. The lowest BCUT2D eigenvalue weighted by atomic mass is 10.1. The van der Waals surface area contributed by atoms with Crippen LogP contribution in [0.25, 0.3) is 0 Å². The minimum atomic E-state index is -0.0609. The summed E-state index contributed by atoms with van der Waals surface area (Å²) in [5.41, 5.74) is 2.62. The van der Waals surface area contributed by atoms with Crippen LogP contribution < -0.4 is 14.4 Å². The lowest BCUT2D eigenvalue weighted by Crippen LogP contribution is -2.20. The Kier molecular flexibility index (Phi) is 5.52. The van der Waals surface area contributed by atoms with E-state index in [0.717, 1.165) is 16.8 Å². The Balaban J connectivity index is 2.32. The van der Waals surface area contributed by atoms with Gasteiger partial charge < -0.3 is 9.47 Å². The van der Waals surface area contributed by atoms with Crippen molar-refractivity contribution in [2.24, 2.45) is 0 Å². The van der Waals surface area contributed by atoms with E-state index in [9.17, 15) is 0 Å². The van der Waals surface area contributed by atoms with Crippen molar-refractivity contribution >= 4 is 40.8 Å². The number of nitrogens with zero attached hydrogens (tertiary/aromatic N) is 7. The fourth-order valence-corrected chi connectivity index (χ4v) is 2.83. The molecule has 0 atom stereocenters. The highest BCUT2D eigenvalue weighted by Crippen LogP contribution is 2.36. The van der Waals surface area contributed by atoms with E-state index in [2.05, 4.69) is 29.9 Å². The van der Waals surface area contributed by atoms with E-state index in [0.29, 0.717) is 0 Å². The Morgan fingerprint density at radius 2 is 1.22 bits per heavy atom. The summed E-state index contributed by atoms with van der Waals surface area (Å²) in [4.78, 5) is 26.4. The molecule has 0 aliphatic rings. The zero-order valence-electron chi connectivity index (χ0n) is 14.9. The molecule has 9 nitrogen and oxygen atoms in total. The molecule has 3 aromatic rings. The molecule has 0 fully saturated rings. The zero-order valence-corrected chi connectivity index (χ0v) is 16.4. The molecule has 0 bridgehead atoms. The normalized spacial score (nSPS) is 10.6. The highest BCUT2D eigenvalue weighted by atomic mass is 35.5. The summed E-state index contributed by atoms with van der Waals surface area (Å²) in [7, 11) is 2.89. The maximum atomic E-state index is 5.99. The van der Waals surface area contributed by atoms with Crippen molar-refractivity contribution in [3.05, 3.63) is 39.9 Å². The van der Waals surface area contributed by atoms with E-state index < -0.39 is 0 Å². The number of benzene rings is 1. The van der Waals surface area contributed by atoms with Gasteiger partial charge in [-0.1, -0.05) is 18.2 Å². The van der Waals surface area contributed by atoms with Crippen LogP contribution in [0.1, 0.15) is 11.1 Å². The van der Waals surface area contributed by atoms with Gasteiger partial charge in [0.1, 0.15) is 0 Å². The molecule has 2 heterocycles. The van der Waals surface area contributed by atoms with Gasteiger partial charge in [-0.2, -0.15) is 24.9 Å². The van der Waals surface area contributed by atoms with Crippen LogP contribution in [0.5, 0.6) is 12.0 Å². The molecular weight excluding hydrogens is 393 g/mol. The Morgan fingerprint density at radius 3 is 1.70 bits per heavy atom. The third kappa shape index (κ3) is 3.99. The molecule has 0 N–H and O–H groups in total. The number of methoxy groups -OCH3 is 2. The molecule has 0 amide bonds. The Bertz CT molecular complexity index is 924. The molecule has 11 heteroatoms. The molecule has 0 saturated carbocycles. The van der Waals surface area contributed by atoms with Crippen molar-refractivity contribution in [2.75, 3.05) is 19.1 Å². The van der Waals surface area contributed by atoms with Crippen LogP contribution in [-0.4, -0.2) is 44.1 Å². The fraction of sp³-hybridized carbons (Fsp3) is 0.250. The van der Waals surface area contributed by atoms with Gasteiger partial charge in [0, 0.05) is 0 Å². The van der Waals surface area contributed by atoms with Crippen molar-refractivity contribution in [2.45, 2.75) is 13.8 Å². The van der Waals surface area contributed by atoms with E-state index in [1.807, 2.05) is 32.0 Å². The summed E-state index contributed by atoms with van der Waals surface area (Å²) in [6, 6.07) is 5.96. The quantitative estimate of drug-likeness (QED) is 0.628. The molecule has 0 spiro atoms. The van der Waals surface area contributed by atoms with Crippen LogP contribution in [0, 0.1) is 13.8 Å². The van der Waals surface area contributed by atoms with Crippen LogP contribution >= 0.6 is 23.2 Å². The van der Waals surface area contributed by atoms with Gasteiger partial charge in [-0.15, -0.1) is 4.98 Å². The number of hydrogen-bond donors (Lipinski definition) is 0. The molecule has 0 radical (unpaired) electrons. The summed E-state index contributed by atoms with van der Waals surface area (Å²) < 4.78 is 10.3. The van der Waals surface area contributed by atoms with Crippen LogP contribution in [-0.2, 0) is 0 Å². The molecule has 1 aromatic carbocycles. The Morgan fingerprint density at radius 1 is 0.741 bits per heavy atom. The summed E-state index contributed by atoms with van der Waals surface area (Å²) in [6.45, 7) is 3.88. The Labute approximate surface area is 165 Å². The van der Waals surface area contributed by atoms with Crippen LogP contribution in [0.15, 0.2) is 18.2 Å². The first-order valence-electron chi connectivity index (χ1n) is 7.70. The first-order chi connectivity index (χ1) is 12.9. The summed E-state index contributed by atoms with van der Waals surface area (Å²) in [5.74, 6) is 0.321. The maximum Gasteiger partial charge on any atom is 0.324 e. The lowest BCUT2D eigenvalue weighted by Gasteiger charge is -2.24. The van der Waals surface area contributed by atoms with E-state index in [4.69, 9.17) is 32.7 Å². The highest BCUT2D eigenvalue weighted by molar-refractivity contribution is 6.31. The number of rotatable bonds is 5. The van der Waals surface area contributed by atoms with Gasteiger partial charge in [-0.25, -0.2) is 4.90 Å². The Hall–Kier alpha value is -2.78. The number of para-hydroxylation sites is 1. The molecule has 27 heavy (non-hydrogen) atoms. The van der Waals surface area contributed by atoms with Gasteiger partial charge in [-0.3, -0.25) is 0 Å². The number of aryl methyl sites for hydroxylation is 2. The minimum Gasteiger partial charge on any atom is -0.467 e. The van der Waals surface area contributed by atoms with E-state index in [1.54, 1.807) is 4.90 Å². The smallest absolute Gasteiger partial charge is 0.324 e. The fourth-order valence-electron chi connectivity index (χ4n) is 2.47. The standard InChI is InChI=1S/C16H15Cl2N7O2/c1-8-6-5-7-9(2)10(8)25(13-20-11(17)19-12(18)21-13)14-22-15(26-3)24-16(23-14)27-4/h5-7H,1-4H3. The lowest BCUT2D eigenvalue weighted by molar-refractivity contribution is 0.340. The first-order valence-corrected chi connectivity index (χ1v) is 8.46. The molecule has 0 saturated heterocycles. The third-order valence-electron chi connectivity index (χ3n) is 3.58. The third-order valence-corrected chi connectivity index (χ3v) is 3.92. The maximum absolute atomic E-state index is 5.99. The molecule has 0 aliphatic heterocycles. The van der Waals surface area contributed by atoms with Crippen LogP contribution in [0.3, 0.4) is 0 Å². The average molecular weight is 408 g/mol. The van der Waals surface area contributed by atoms with Gasteiger partial charge in [0.05, 0.1) is 19.9 Å². The zero-order chi connectivity index (χ0) is 19.6. The van der Waals surface area contributed by atoms with Gasteiger partial charge in [0.2, 0.25) is 22.5 Å². The largest absolute Gasteiger partial charge is 0.467 e. The molecule has 0 unspecified atom stereocenters. The van der Waals surface area contributed by atoms with E-state index in [-0.39, 0.29) is 34.5 Å². The van der Waals surface area contributed by atoms with Crippen molar-refractivity contribution in [1.82, 2.24) is 29.9 Å². The minimum absolute atomic E-state index is 0.0609. The van der Waals surface area contributed by atoms with Crippen molar-refractivity contribution in [3.63, 3.8) is 0 Å². The molecule has 0 aliphatic carbocycles. The number of aromatic nitrogens is 6. The highest BCUT2D eigenvalue weighted by Gasteiger charge is 2.25. The molecular formula is C16H15Cl2N7O2. The van der Waals surface area contributed by atoms with Gasteiger partial charge in [0.25, 0.3) is 0 Å². The second-order valence-corrected chi connectivity index (χ2v) is 6.03. The molecule has 2 aromatic heterocycles. The van der Waals surface area contributed by atoms with Gasteiger partial charge in [0.15, 0.2) is 0 Å². The SMILES string of the molecule is COc1nc(OC)nc(N(c2nc(Cl)nc(Cl)n2)c2c(C)cccc2C)n1. The van der Waals surface area contributed by atoms with E-state index in [1.165, 1.54) is 14.2 Å². The van der Waals surface area contributed by atoms with Gasteiger partial charge >= 0.3 is 12.0 Å². The molecule has 140 valence electrons. The number of anilines is 3. The van der Waals surface area contributed by atoms with Crippen molar-refractivity contribution in [3.8, 4) is 12.0 Å². The number of halogens is 2. The van der Waals surface area contributed by atoms with Crippen molar-refractivity contribution in [1.29, 1.82) is 0 Å². The second-order valence-electron chi connectivity index (χ2n) is 5.36. The van der Waals surface area contributed by atoms with E-state index >= 15 is 0 Å². The topological polar surface area (TPSA) is 99.0 Å². The predicted molar refractivity (Wildman–Crippen MR) is 100 cm³/mol. The second kappa shape index (κ2) is 7.85.